The van der Waals surface area contributed by atoms with E-state index in [1.165, 1.54) is 18.2 Å². The summed E-state index contributed by atoms with van der Waals surface area (Å²) in [6.07, 6.45) is 9.41. The molecule has 3 aliphatic rings. The number of hydrogen-bond donors (Lipinski definition) is 2. The van der Waals surface area contributed by atoms with Crippen LogP contribution in [0.5, 0.6) is 5.75 Å². The number of allylic oxidation sites excluding steroid dienone is 3. The van der Waals surface area contributed by atoms with Crippen LogP contribution in [-0.2, 0) is 32.7 Å². The molecule has 1 heterocycles. The molecule has 1 fully saturated rings. The highest BCUT2D eigenvalue weighted by Gasteiger charge is 2.39. The first-order valence-electron chi connectivity index (χ1n) is 14.8. The van der Waals surface area contributed by atoms with Gasteiger partial charge in [-0.3, -0.25) is 4.72 Å². The normalized spacial score (nSPS) is 18.3. The number of thiocarbonyl (C=S) groups is 1. The predicted octanol–water partition coefficient (Wildman–Crippen LogP) is 6.30. The molecule has 1 atom stereocenters. The maximum absolute atomic E-state index is 13.6. The average Bonchev–Trinajstić information content (AvgIpc) is 3.82. The molecule has 1 unspecified atom stereocenters. The van der Waals surface area contributed by atoms with Crippen LogP contribution in [0.1, 0.15) is 73.3 Å². The maximum atomic E-state index is 13.6. The Morgan fingerprint density at radius 1 is 0.932 bits per heavy atom. The lowest BCUT2D eigenvalue weighted by Gasteiger charge is -2.22. The third-order valence-electron chi connectivity index (χ3n) is 8.49. The van der Waals surface area contributed by atoms with Gasteiger partial charge >= 0.3 is 5.63 Å². The number of sulfonamides is 1. The molecule has 230 valence electrons. The molecule has 3 aliphatic carbocycles. The number of sulfone groups is 1. The summed E-state index contributed by atoms with van der Waals surface area (Å²) in [7, 11) is -8.22. The molecule has 0 saturated heterocycles. The van der Waals surface area contributed by atoms with E-state index < -0.39 is 31.4 Å². The number of rotatable bonds is 8. The first kappa shape index (κ1) is 30.5. The van der Waals surface area contributed by atoms with Gasteiger partial charge in [0.1, 0.15) is 16.4 Å². The first-order valence-corrected chi connectivity index (χ1v) is 18.2. The molecule has 0 radical (unpaired) electrons. The lowest BCUT2D eigenvalue weighted by Crippen LogP contribution is -2.23. The quantitative estimate of drug-likeness (QED) is 0.271. The SMILES string of the molecule is O=c1oc2c(c(O)c1C(c1cccc(NS(=O)(=O)C3=CC(S(=O)(=O)c4ccccc4)=CCC3=S)c1)C1CC1)CCCCCC2. The van der Waals surface area contributed by atoms with Crippen LogP contribution in [0, 0.1) is 5.92 Å². The maximum Gasteiger partial charge on any atom is 0.343 e. The van der Waals surface area contributed by atoms with Gasteiger partial charge in [0, 0.05) is 34.9 Å². The van der Waals surface area contributed by atoms with E-state index in [0.717, 1.165) is 44.6 Å². The van der Waals surface area contributed by atoms with E-state index >= 15 is 0 Å². The summed E-state index contributed by atoms with van der Waals surface area (Å²) in [4.78, 5) is 13.0. The van der Waals surface area contributed by atoms with E-state index in [0.29, 0.717) is 29.7 Å². The molecule has 44 heavy (non-hydrogen) atoms. The van der Waals surface area contributed by atoms with Gasteiger partial charge in [-0.15, -0.1) is 0 Å². The number of benzene rings is 2. The second-order valence-corrected chi connectivity index (χ2v) is 15.7. The summed E-state index contributed by atoms with van der Waals surface area (Å²) in [5.74, 6) is 0.197. The van der Waals surface area contributed by atoms with Crippen LogP contribution in [0.25, 0.3) is 0 Å². The fraction of sp³-hybridized carbons (Fsp3) is 0.333. The van der Waals surface area contributed by atoms with Crippen LogP contribution >= 0.6 is 12.2 Å². The predicted molar refractivity (Wildman–Crippen MR) is 173 cm³/mol. The molecule has 2 N–H and O–H groups in total. The molecule has 0 spiro atoms. The highest BCUT2D eigenvalue weighted by Crippen LogP contribution is 2.49. The summed E-state index contributed by atoms with van der Waals surface area (Å²) in [6, 6.07) is 14.5. The zero-order chi connectivity index (χ0) is 31.1. The molecule has 6 rings (SSSR count). The van der Waals surface area contributed by atoms with Crippen LogP contribution < -0.4 is 10.3 Å². The lowest BCUT2D eigenvalue weighted by molar-refractivity contribution is 0.382. The fourth-order valence-corrected chi connectivity index (χ4v) is 9.24. The van der Waals surface area contributed by atoms with Crippen LogP contribution in [0.3, 0.4) is 0 Å². The number of fused-ring (bicyclic) bond motifs is 1. The summed E-state index contributed by atoms with van der Waals surface area (Å²) < 4.78 is 62.0. The standard InChI is InChI=1S/C33H33NO7S3/c35-32-26-13-6-1-2-7-14-27(26)41-33(36)31(32)30(21-15-16-21)22-9-8-10-23(19-22)34-44(39,40)29-20-25(17-18-28(29)42)43(37,38)24-11-4-3-5-12-24/h3-5,8-12,17,19-21,30,34-35H,1-2,6-7,13-16,18H2. The van der Waals surface area contributed by atoms with E-state index in [4.69, 9.17) is 16.6 Å². The molecule has 1 aromatic heterocycles. The minimum atomic E-state index is -4.27. The molecular weight excluding hydrogens is 619 g/mol. The van der Waals surface area contributed by atoms with E-state index in [-0.39, 0.29) is 48.9 Å². The Bertz CT molecular complexity index is 1960. The van der Waals surface area contributed by atoms with Gasteiger partial charge in [-0.2, -0.15) is 0 Å². The number of aryl methyl sites for hydroxylation is 1. The highest BCUT2D eigenvalue weighted by atomic mass is 32.2. The third kappa shape index (κ3) is 6.05. The van der Waals surface area contributed by atoms with Crippen molar-refractivity contribution < 1.29 is 26.4 Å². The molecule has 2 aromatic carbocycles. The van der Waals surface area contributed by atoms with Crippen molar-refractivity contribution in [1.82, 2.24) is 0 Å². The van der Waals surface area contributed by atoms with Gasteiger partial charge in [0.15, 0.2) is 0 Å². The minimum absolute atomic E-state index is 0.00214. The van der Waals surface area contributed by atoms with Gasteiger partial charge in [-0.05, 0) is 73.9 Å². The second-order valence-electron chi connectivity index (χ2n) is 11.6. The van der Waals surface area contributed by atoms with E-state index in [1.807, 2.05) is 6.07 Å². The zero-order valence-electron chi connectivity index (χ0n) is 24.0. The second kappa shape index (κ2) is 12.1. The van der Waals surface area contributed by atoms with Gasteiger partial charge < -0.3 is 9.52 Å². The average molecular weight is 652 g/mol. The van der Waals surface area contributed by atoms with Crippen molar-refractivity contribution in [3.8, 4) is 5.75 Å². The summed E-state index contributed by atoms with van der Waals surface area (Å²) >= 11 is 5.35. The van der Waals surface area contributed by atoms with Gasteiger partial charge in [0.25, 0.3) is 10.0 Å². The summed E-state index contributed by atoms with van der Waals surface area (Å²) in [5.41, 5.74) is 1.28. The third-order valence-corrected chi connectivity index (χ3v) is 12.2. The Kier molecular flexibility index (Phi) is 8.38. The van der Waals surface area contributed by atoms with Crippen molar-refractivity contribution in [3.63, 3.8) is 0 Å². The van der Waals surface area contributed by atoms with Crippen LogP contribution in [0.2, 0.25) is 0 Å². The summed E-state index contributed by atoms with van der Waals surface area (Å²) in [5, 5.41) is 11.4. The van der Waals surface area contributed by atoms with Crippen molar-refractivity contribution >= 4 is 42.6 Å². The highest BCUT2D eigenvalue weighted by molar-refractivity contribution is 7.99. The molecular formula is C33H33NO7S3. The minimum Gasteiger partial charge on any atom is -0.507 e. The van der Waals surface area contributed by atoms with Crippen LogP contribution in [-0.4, -0.2) is 26.8 Å². The Morgan fingerprint density at radius 2 is 1.66 bits per heavy atom. The molecule has 3 aromatic rings. The largest absolute Gasteiger partial charge is 0.507 e. The monoisotopic (exact) mass is 651 g/mol. The van der Waals surface area contributed by atoms with Gasteiger partial charge in [-0.25, -0.2) is 21.6 Å². The summed E-state index contributed by atoms with van der Waals surface area (Å²) in [6.45, 7) is 0. The first-order chi connectivity index (χ1) is 21.1. The Hall–Kier alpha value is -3.54. The number of hydrogen-bond acceptors (Lipinski definition) is 8. The smallest absolute Gasteiger partial charge is 0.343 e. The molecule has 1 saturated carbocycles. The van der Waals surface area contributed by atoms with Crippen molar-refractivity contribution in [3.05, 3.63) is 109 Å². The van der Waals surface area contributed by atoms with Crippen LogP contribution in [0.4, 0.5) is 5.69 Å². The molecule has 0 bridgehead atoms. The van der Waals surface area contributed by atoms with Crippen molar-refractivity contribution in [1.29, 1.82) is 0 Å². The van der Waals surface area contributed by atoms with Crippen molar-refractivity contribution in [2.75, 3.05) is 4.72 Å². The number of nitrogens with one attached hydrogen (secondary N) is 1. The number of anilines is 1. The van der Waals surface area contributed by atoms with Gasteiger partial charge in [0.05, 0.1) is 15.4 Å². The van der Waals surface area contributed by atoms with Crippen molar-refractivity contribution in [2.45, 2.75) is 68.6 Å². The fourth-order valence-electron chi connectivity index (χ4n) is 6.12. The van der Waals surface area contributed by atoms with E-state index in [2.05, 4.69) is 4.72 Å². The number of aromatic hydroxyl groups is 1. The Labute approximate surface area is 262 Å². The molecule has 0 amide bonds. The Balaban J connectivity index is 1.33. The molecule has 11 heteroatoms. The topological polar surface area (TPSA) is 131 Å². The van der Waals surface area contributed by atoms with E-state index in [1.54, 1.807) is 36.4 Å². The van der Waals surface area contributed by atoms with Crippen molar-refractivity contribution in [2.24, 2.45) is 5.92 Å². The van der Waals surface area contributed by atoms with Gasteiger partial charge in [-0.1, -0.05) is 61.5 Å². The zero-order valence-corrected chi connectivity index (χ0v) is 26.4. The lowest BCUT2D eigenvalue weighted by atomic mass is 9.85. The van der Waals surface area contributed by atoms with E-state index in [9.17, 15) is 26.7 Å². The van der Waals surface area contributed by atoms with Crippen LogP contribution in [0.15, 0.2) is 90.7 Å². The van der Waals surface area contributed by atoms with Gasteiger partial charge in [0.2, 0.25) is 9.84 Å². The Morgan fingerprint density at radius 3 is 2.39 bits per heavy atom. The molecule has 8 nitrogen and oxygen atoms in total. The molecule has 0 aliphatic heterocycles.